The number of hydrogen-bond acceptors (Lipinski definition) is 1. The van der Waals surface area contributed by atoms with Crippen LogP contribution in [-0.2, 0) is 43.4 Å². The second kappa shape index (κ2) is 10.6. The van der Waals surface area contributed by atoms with Gasteiger partial charge >= 0.3 is 176 Å². The molecule has 3 rings (SSSR count). The minimum atomic E-state index is 0.183. The fourth-order valence-electron chi connectivity index (χ4n) is 4.06. The number of rotatable bonds is 10. The zero-order valence-electron chi connectivity index (χ0n) is 15.8. The molecule has 137 valence electrons. The molecule has 0 fully saturated rings. The molecule has 27 heavy (non-hydrogen) atoms. The fraction of sp³-hybridized carbons (Fsp3) is 0.280. The Morgan fingerprint density at radius 2 is 0.963 bits per heavy atom. The van der Waals surface area contributed by atoms with E-state index in [0.29, 0.717) is 0 Å². The van der Waals surface area contributed by atoms with E-state index in [0.717, 1.165) is 38.7 Å². The molecule has 0 heterocycles. The SMILES string of the molecule is [Ti][O]CCCC(Cc1ccccc1)(Cc1ccccc1)Cc1ccccc1. The summed E-state index contributed by atoms with van der Waals surface area (Å²) in [6, 6.07) is 32.8. The summed E-state index contributed by atoms with van der Waals surface area (Å²) < 4.78 is 5.39. The predicted octanol–water partition coefficient (Wildman–Crippen LogP) is 5.96. The van der Waals surface area contributed by atoms with Crippen LogP contribution < -0.4 is 0 Å². The summed E-state index contributed by atoms with van der Waals surface area (Å²) in [5.74, 6) is 0. The van der Waals surface area contributed by atoms with Gasteiger partial charge in [0.2, 0.25) is 0 Å². The summed E-state index contributed by atoms with van der Waals surface area (Å²) >= 11 is 1.80. The normalized spacial score (nSPS) is 11.4. The van der Waals surface area contributed by atoms with Crippen molar-refractivity contribution >= 4 is 0 Å². The Morgan fingerprint density at radius 1 is 0.593 bits per heavy atom. The van der Waals surface area contributed by atoms with E-state index < -0.39 is 0 Å². The molecule has 3 aromatic rings. The average Bonchev–Trinajstić information content (AvgIpc) is 2.70. The topological polar surface area (TPSA) is 9.23 Å². The Labute approximate surface area is 175 Å². The molecule has 0 bridgehead atoms. The van der Waals surface area contributed by atoms with Gasteiger partial charge in [-0.1, -0.05) is 0 Å². The van der Waals surface area contributed by atoms with Gasteiger partial charge in [0.1, 0.15) is 0 Å². The van der Waals surface area contributed by atoms with E-state index in [2.05, 4.69) is 91.0 Å². The number of hydrogen-bond donors (Lipinski definition) is 0. The van der Waals surface area contributed by atoms with Crippen LogP contribution in [0, 0.1) is 5.41 Å². The Hall–Kier alpha value is -1.67. The minimum absolute atomic E-state index is 0.183. The van der Waals surface area contributed by atoms with E-state index in [-0.39, 0.29) is 5.41 Å². The van der Waals surface area contributed by atoms with Crippen molar-refractivity contribution in [2.75, 3.05) is 6.61 Å². The maximum atomic E-state index is 5.39. The van der Waals surface area contributed by atoms with Gasteiger partial charge in [0.15, 0.2) is 0 Å². The van der Waals surface area contributed by atoms with Gasteiger partial charge in [0, 0.05) is 0 Å². The van der Waals surface area contributed by atoms with Crippen molar-refractivity contribution in [2.24, 2.45) is 5.41 Å². The van der Waals surface area contributed by atoms with Crippen molar-refractivity contribution in [3.63, 3.8) is 0 Å². The van der Waals surface area contributed by atoms with E-state index in [1.54, 1.807) is 20.8 Å². The Morgan fingerprint density at radius 3 is 1.30 bits per heavy atom. The van der Waals surface area contributed by atoms with Crippen LogP contribution in [0.15, 0.2) is 91.0 Å². The molecule has 0 unspecified atom stereocenters. The van der Waals surface area contributed by atoms with Crippen molar-refractivity contribution in [3.05, 3.63) is 108 Å². The molecule has 0 aromatic heterocycles. The summed E-state index contributed by atoms with van der Waals surface area (Å²) in [4.78, 5) is 0. The van der Waals surface area contributed by atoms with Crippen molar-refractivity contribution < 1.29 is 24.1 Å². The van der Waals surface area contributed by atoms with Crippen molar-refractivity contribution in [3.8, 4) is 0 Å². The number of benzene rings is 3. The zero-order chi connectivity index (χ0) is 18.8. The van der Waals surface area contributed by atoms with Crippen molar-refractivity contribution in [2.45, 2.75) is 32.1 Å². The second-order valence-electron chi connectivity index (χ2n) is 7.44. The quantitative estimate of drug-likeness (QED) is 0.306. The second-order valence-corrected chi connectivity index (χ2v) is 7.89. The Kier molecular flexibility index (Phi) is 7.89. The molecule has 0 amide bonds. The molecule has 3 aromatic carbocycles. The molecule has 2 heteroatoms. The van der Waals surface area contributed by atoms with Gasteiger partial charge in [-0.2, -0.15) is 0 Å². The van der Waals surface area contributed by atoms with Gasteiger partial charge in [0.05, 0.1) is 0 Å². The molecule has 0 aliphatic rings. The molecular formula is C25H27OTi. The summed E-state index contributed by atoms with van der Waals surface area (Å²) in [6.45, 7) is 0.820. The molecule has 1 nitrogen and oxygen atoms in total. The fourth-order valence-corrected chi connectivity index (χ4v) is 4.28. The molecule has 0 aliphatic heterocycles. The summed E-state index contributed by atoms with van der Waals surface area (Å²) in [6.07, 6.45) is 5.49. The van der Waals surface area contributed by atoms with Crippen LogP contribution in [-0.4, -0.2) is 6.61 Å². The van der Waals surface area contributed by atoms with Crippen LogP contribution in [0.3, 0.4) is 0 Å². The van der Waals surface area contributed by atoms with Crippen LogP contribution >= 0.6 is 0 Å². The van der Waals surface area contributed by atoms with Crippen molar-refractivity contribution in [1.82, 2.24) is 0 Å². The van der Waals surface area contributed by atoms with Gasteiger partial charge in [0.25, 0.3) is 0 Å². The van der Waals surface area contributed by atoms with Crippen LogP contribution in [0.25, 0.3) is 0 Å². The van der Waals surface area contributed by atoms with Crippen LogP contribution in [0.2, 0.25) is 0 Å². The zero-order valence-corrected chi connectivity index (χ0v) is 17.4. The molecular weight excluding hydrogens is 364 g/mol. The maximum absolute atomic E-state index is 5.39. The van der Waals surface area contributed by atoms with Crippen LogP contribution in [0.5, 0.6) is 0 Å². The molecule has 0 aliphatic carbocycles. The van der Waals surface area contributed by atoms with E-state index in [9.17, 15) is 0 Å². The van der Waals surface area contributed by atoms with Gasteiger partial charge in [-0.15, -0.1) is 0 Å². The van der Waals surface area contributed by atoms with Crippen molar-refractivity contribution in [1.29, 1.82) is 0 Å². The van der Waals surface area contributed by atoms with E-state index in [1.165, 1.54) is 16.7 Å². The first-order chi connectivity index (χ1) is 13.3. The monoisotopic (exact) mass is 391 g/mol. The molecule has 0 saturated heterocycles. The van der Waals surface area contributed by atoms with Gasteiger partial charge < -0.3 is 0 Å². The van der Waals surface area contributed by atoms with Crippen LogP contribution in [0.1, 0.15) is 29.5 Å². The Balaban J connectivity index is 1.93. The van der Waals surface area contributed by atoms with E-state index in [4.69, 9.17) is 3.32 Å². The Bertz CT molecular complexity index is 670. The molecule has 0 atom stereocenters. The van der Waals surface area contributed by atoms with Gasteiger partial charge in [-0.3, -0.25) is 0 Å². The van der Waals surface area contributed by atoms with E-state index >= 15 is 0 Å². The third-order valence-corrected chi connectivity index (χ3v) is 5.54. The van der Waals surface area contributed by atoms with Crippen LogP contribution in [0.4, 0.5) is 0 Å². The van der Waals surface area contributed by atoms with Gasteiger partial charge in [-0.05, 0) is 0 Å². The first-order valence-corrected chi connectivity index (χ1v) is 10.3. The molecule has 0 saturated carbocycles. The summed E-state index contributed by atoms with van der Waals surface area (Å²) in [5, 5.41) is 0. The summed E-state index contributed by atoms with van der Waals surface area (Å²) in [7, 11) is 0. The van der Waals surface area contributed by atoms with E-state index in [1.807, 2.05) is 0 Å². The molecule has 0 radical (unpaired) electrons. The first kappa shape index (κ1) is 20.1. The third-order valence-electron chi connectivity index (χ3n) is 5.22. The third kappa shape index (κ3) is 6.46. The summed E-state index contributed by atoms with van der Waals surface area (Å²) in [5.41, 5.74) is 4.44. The first-order valence-electron chi connectivity index (χ1n) is 9.70. The molecule has 0 N–H and O–H groups in total. The standard InChI is InChI=1S/C25H27O.Ti/c26-18-10-17-25(19-22-11-4-1-5-12-22,20-23-13-6-2-7-14-23)21-24-15-8-3-9-16-24;/h1-9,11-16H,10,17-21H2;/q-1;+1. The molecule has 0 spiro atoms. The predicted molar refractivity (Wildman–Crippen MR) is 108 cm³/mol. The van der Waals surface area contributed by atoms with Gasteiger partial charge in [-0.25, -0.2) is 0 Å². The average molecular weight is 391 g/mol.